The predicted octanol–water partition coefficient (Wildman–Crippen LogP) is 2.13. The number of nitrogens with zero attached hydrogens (tertiary/aromatic N) is 5. The second kappa shape index (κ2) is 4.94. The molecule has 2 heterocycles. The third kappa shape index (κ3) is 2.24. The maximum Gasteiger partial charge on any atom is 0.299 e. The third-order valence-corrected chi connectivity index (χ3v) is 3.86. The molecule has 0 spiro atoms. The van der Waals surface area contributed by atoms with Gasteiger partial charge in [-0.1, -0.05) is 0 Å². The van der Waals surface area contributed by atoms with Crippen molar-refractivity contribution in [1.29, 1.82) is 0 Å². The summed E-state index contributed by atoms with van der Waals surface area (Å²) < 4.78 is 0. The first kappa shape index (κ1) is 13.5. The molecule has 1 aromatic rings. The Morgan fingerprint density at radius 1 is 1.13 bits per heavy atom. The van der Waals surface area contributed by atoms with E-state index in [0.29, 0.717) is 17.2 Å². The molecule has 0 N–H and O–H groups in total. The van der Waals surface area contributed by atoms with Crippen molar-refractivity contribution in [2.75, 3.05) is 0 Å². The van der Waals surface area contributed by atoms with E-state index in [4.69, 9.17) is 0 Å². The normalized spacial score (nSPS) is 20.9. The molecular formula is C15H11N5O3. The zero-order chi connectivity index (χ0) is 16.0. The number of guanidine groups is 1. The van der Waals surface area contributed by atoms with Crippen LogP contribution in [0.3, 0.4) is 0 Å². The van der Waals surface area contributed by atoms with Gasteiger partial charge in [0.1, 0.15) is 5.70 Å². The van der Waals surface area contributed by atoms with Crippen LogP contribution in [0.15, 0.2) is 45.0 Å². The Kier molecular flexibility index (Phi) is 2.90. The molecule has 1 aromatic carbocycles. The lowest BCUT2D eigenvalue weighted by atomic mass is 10.1. The summed E-state index contributed by atoms with van der Waals surface area (Å²) in [5.41, 5.74) is 2.77. The highest BCUT2D eigenvalue weighted by atomic mass is 16.6. The number of non-ortho nitro benzene ring substituents is 1. The molecule has 1 aliphatic carbocycles. The van der Waals surface area contributed by atoms with E-state index in [1.165, 1.54) is 17.1 Å². The third-order valence-electron chi connectivity index (χ3n) is 3.86. The second-order valence-corrected chi connectivity index (χ2v) is 5.37. The number of rotatable bonds is 2. The number of aliphatic imine (C=N–C) groups is 2. The number of hydrazone groups is 1. The summed E-state index contributed by atoms with van der Waals surface area (Å²) in [6, 6.07) is 5.95. The fourth-order valence-electron chi connectivity index (χ4n) is 2.72. The molecule has 8 nitrogen and oxygen atoms in total. The van der Waals surface area contributed by atoms with Gasteiger partial charge in [0.25, 0.3) is 17.6 Å². The minimum absolute atomic E-state index is 0.000232. The van der Waals surface area contributed by atoms with E-state index in [9.17, 15) is 14.9 Å². The number of carbonyl (C=O) groups is 1. The van der Waals surface area contributed by atoms with Crippen LogP contribution in [0.5, 0.6) is 0 Å². The van der Waals surface area contributed by atoms with Crippen LogP contribution in [0.25, 0.3) is 6.08 Å². The van der Waals surface area contributed by atoms with Crippen LogP contribution in [-0.4, -0.2) is 33.2 Å². The summed E-state index contributed by atoms with van der Waals surface area (Å²) in [5, 5.41) is 16.6. The molecule has 0 bridgehead atoms. The first-order valence-corrected chi connectivity index (χ1v) is 7.16. The number of carbonyl (C=O) groups excluding carboxylic acids is 1. The SMILES string of the molecule is O=C1N=C2N=C3CCCC3=NN2C1=Cc1ccc([N+](=O)[O-])cc1. The van der Waals surface area contributed by atoms with E-state index in [0.717, 1.165) is 30.7 Å². The zero-order valence-corrected chi connectivity index (χ0v) is 12.0. The number of benzene rings is 1. The average molecular weight is 309 g/mol. The highest BCUT2D eigenvalue weighted by Crippen LogP contribution is 2.27. The van der Waals surface area contributed by atoms with E-state index in [1.54, 1.807) is 18.2 Å². The topological polar surface area (TPSA) is 101 Å². The Hall–Kier alpha value is -3.16. The summed E-state index contributed by atoms with van der Waals surface area (Å²) in [6.45, 7) is 0. The predicted molar refractivity (Wildman–Crippen MR) is 84.1 cm³/mol. The summed E-state index contributed by atoms with van der Waals surface area (Å²) in [5.74, 6) is -0.115. The molecule has 1 amide bonds. The molecule has 0 unspecified atom stereocenters. The van der Waals surface area contributed by atoms with Gasteiger partial charge in [-0.2, -0.15) is 15.1 Å². The van der Waals surface area contributed by atoms with Crippen molar-refractivity contribution in [2.45, 2.75) is 19.3 Å². The number of amides is 1. The van der Waals surface area contributed by atoms with Crippen molar-refractivity contribution < 1.29 is 9.72 Å². The lowest BCUT2D eigenvalue weighted by Crippen LogP contribution is -2.28. The Bertz CT molecular complexity index is 848. The Balaban J connectivity index is 1.68. The molecule has 1 fully saturated rings. The fraction of sp³-hybridized carbons (Fsp3) is 0.200. The van der Waals surface area contributed by atoms with Crippen LogP contribution in [0.4, 0.5) is 5.69 Å². The molecule has 0 saturated heterocycles. The second-order valence-electron chi connectivity index (χ2n) is 5.37. The minimum atomic E-state index is -0.466. The number of fused-ring (bicyclic) bond motifs is 2. The molecule has 0 aromatic heterocycles. The van der Waals surface area contributed by atoms with Gasteiger partial charge < -0.3 is 0 Å². The number of hydrogen-bond acceptors (Lipinski definition) is 6. The first-order valence-electron chi connectivity index (χ1n) is 7.16. The van der Waals surface area contributed by atoms with E-state index in [2.05, 4.69) is 15.1 Å². The van der Waals surface area contributed by atoms with Gasteiger partial charge in [0, 0.05) is 12.1 Å². The lowest BCUT2D eigenvalue weighted by molar-refractivity contribution is -0.384. The van der Waals surface area contributed by atoms with Crippen LogP contribution in [0.1, 0.15) is 24.8 Å². The summed E-state index contributed by atoms with van der Waals surface area (Å²) in [4.78, 5) is 30.6. The van der Waals surface area contributed by atoms with Gasteiger partial charge in [-0.25, -0.2) is 4.99 Å². The molecule has 23 heavy (non-hydrogen) atoms. The molecule has 2 aliphatic heterocycles. The average Bonchev–Trinajstić information content (AvgIpc) is 3.10. The number of nitro benzene ring substituents is 1. The van der Waals surface area contributed by atoms with Crippen molar-refractivity contribution in [2.24, 2.45) is 15.1 Å². The summed E-state index contributed by atoms with van der Waals surface area (Å²) >= 11 is 0. The lowest BCUT2D eigenvalue weighted by Gasteiger charge is -2.18. The van der Waals surface area contributed by atoms with Crippen LogP contribution < -0.4 is 0 Å². The molecule has 1 saturated carbocycles. The Morgan fingerprint density at radius 2 is 1.87 bits per heavy atom. The van der Waals surface area contributed by atoms with Gasteiger partial charge in [-0.3, -0.25) is 14.9 Å². The maximum absolute atomic E-state index is 12.1. The van der Waals surface area contributed by atoms with E-state index >= 15 is 0 Å². The Morgan fingerprint density at radius 3 is 2.61 bits per heavy atom. The van der Waals surface area contributed by atoms with Crippen LogP contribution >= 0.6 is 0 Å². The van der Waals surface area contributed by atoms with Crippen molar-refractivity contribution >= 4 is 35.1 Å². The molecular weight excluding hydrogens is 298 g/mol. The zero-order valence-electron chi connectivity index (χ0n) is 12.0. The number of hydrogen-bond donors (Lipinski definition) is 0. The van der Waals surface area contributed by atoms with Crippen molar-refractivity contribution in [3.05, 3.63) is 45.6 Å². The first-order chi connectivity index (χ1) is 11.1. The fourth-order valence-corrected chi connectivity index (χ4v) is 2.72. The molecule has 8 heteroatoms. The van der Waals surface area contributed by atoms with Crippen LogP contribution in [0, 0.1) is 10.1 Å². The Labute approximate surface area is 130 Å². The molecule has 0 radical (unpaired) electrons. The smallest absolute Gasteiger partial charge is 0.265 e. The van der Waals surface area contributed by atoms with E-state index < -0.39 is 10.8 Å². The van der Waals surface area contributed by atoms with E-state index in [-0.39, 0.29) is 5.69 Å². The van der Waals surface area contributed by atoms with Gasteiger partial charge in [-0.05, 0) is 43.0 Å². The van der Waals surface area contributed by atoms with Gasteiger partial charge in [0.15, 0.2) is 0 Å². The van der Waals surface area contributed by atoms with Crippen molar-refractivity contribution in [3.8, 4) is 0 Å². The molecule has 4 rings (SSSR count). The monoisotopic (exact) mass is 309 g/mol. The summed E-state index contributed by atoms with van der Waals surface area (Å²) in [7, 11) is 0. The van der Waals surface area contributed by atoms with Gasteiger partial charge in [0.2, 0.25) is 0 Å². The van der Waals surface area contributed by atoms with Crippen LogP contribution in [0.2, 0.25) is 0 Å². The molecule has 3 aliphatic rings. The largest absolute Gasteiger partial charge is 0.299 e. The van der Waals surface area contributed by atoms with Crippen molar-refractivity contribution in [1.82, 2.24) is 5.01 Å². The quantitative estimate of drug-likeness (QED) is 0.474. The van der Waals surface area contributed by atoms with Gasteiger partial charge in [0.05, 0.1) is 16.3 Å². The number of nitro groups is 1. The highest BCUT2D eigenvalue weighted by molar-refractivity contribution is 6.46. The maximum atomic E-state index is 12.1. The van der Waals surface area contributed by atoms with Crippen molar-refractivity contribution in [3.63, 3.8) is 0 Å². The van der Waals surface area contributed by atoms with Crippen LogP contribution in [-0.2, 0) is 4.79 Å². The van der Waals surface area contributed by atoms with Gasteiger partial charge in [-0.15, -0.1) is 0 Å². The molecule has 114 valence electrons. The standard InChI is InChI=1S/C15H11N5O3/c21-14-13(8-9-4-6-10(7-5-9)20(22)23)19-15(17-14)16-11-2-1-3-12(11)18-19/h4-8H,1-3H2. The minimum Gasteiger partial charge on any atom is -0.265 e. The van der Waals surface area contributed by atoms with Gasteiger partial charge >= 0.3 is 0 Å². The summed E-state index contributed by atoms with van der Waals surface area (Å²) in [6.07, 6.45) is 4.33. The van der Waals surface area contributed by atoms with E-state index in [1.807, 2.05) is 0 Å². The highest BCUT2D eigenvalue weighted by Gasteiger charge is 2.35. The molecule has 0 atom stereocenters.